The van der Waals surface area contributed by atoms with Crippen molar-refractivity contribution in [1.82, 2.24) is 4.90 Å². The van der Waals surface area contributed by atoms with Gasteiger partial charge in [-0.05, 0) is 44.3 Å². The van der Waals surface area contributed by atoms with Crippen LogP contribution in [-0.2, 0) is 6.42 Å². The van der Waals surface area contributed by atoms with Gasteiger partial charge in [-0.1, -0.05) is 36.8 Å². The number of nitrogens with zero attached hydrogens (tertiary/aromatic N) is 1. The number of likely N-dealkylation sites (tertiary alicyclic amines) is 1. The fourth-order valence-corrected chi connectivity index (χ4v) is 3.01. The largest absolute Gasteiger partial charge is 0.299 e. The first-order valence-electron chi connectivity index (χ1n) is 6.74. The molecule has 1 fully saturated rings. The Balaban J connectivity index is 1.74. The molecule has 0 radical (unpaired) electrons. The summed E-state index contributed by atoms with van der Waals surface area (Å²) in [5.41, 5.74) is 1.45. The van der Waals surface area contributed by atoms with Crippen LogP contribution in [0.4, 0.5) is 0 Å². The van der Waals surface area contributed by atoms with E-state index in [1.807, 2.05) is 0 Å². The van der Waals surface area contributed by atoms with Crippen molar-refractivity contribution in [2.24, 2.45) is 0 Å². The van der Waals surface area contributed by atoms with E-state index in [2.05, 4.69) is 35.2 Å². The third-order valence-electron chi connectivity index (χ3n) is 3.68. The summed E-state index contributed by atoms with van der Waals surface area (Å²) in [6, 6.07) is 11.4. The van der Waals surface area contributed by atoms with Gasteiger partial charge in [-0.25, -0.2) is 0 Å². The van der Waals surface area contributed by atoms with Crippen LogP contribution in [-0.4, -0.2) is 29.9 Å². The second kappa shape index (κ2) is 7.03. The van der Waals surface area contributed by atoms with Crippen molar-refractivity contribution in [2.75, 3.05) is 19.0 Å². The lowest BCUT2D eigenvalue weighted by atomic mass is 10.0. The summed E-state index contributed by atoms with van der Waals surface area (Å²) in [6.45, 7) is 2.44. The topological polar surface area (TPSA) is 3.24 Å². The van der Waals surface area contributed by atoms with E-state index in [9.17, 15) is 0 Å². The molecule has 0 amide bonds. The molecule has 0 N–H and O–H groups in total. The zero-order chi connectivity index (χ0) is 11.9. The average molecular weight is 252 g/mol. The number of halogens is 1. The van der Waals surface area contributed by atoms with Gasteiger partial charge in [0.2, 0.25) is 0 Å². The normalized spacial score (nSPS) is 21.6. The third-order valence-corrected chi connectivity index (χ3v) is 4.04. The molecule has 0 saturated carbocycles. The first-order valence-corrected chi connectivity index (χ1v) is 7.27. The van der Waals surface area contributed by atoms with Crippen molar-refractivity contribution in [1.29, 1.82) is 0 Å². The fraction of sp³-hybridized carbons (Fsp3) is 0.600. The Morgan fingerprint density at radius 2 is 2.00 bits per heavy atom. The van der Waals surface area contributed by atoms with Gasteiger partial charge < -0.3 is 0 Å². The van der Waals surface area contributed by atoms with Crippen molar-refractivity contribution in [3.05, 3.63) is 35.9 Å². The molecular weight excluding hydrogens is 230 g/mol. The minimum atomic E-state index is 0.626. The molecule has 94 valence electrons. The van der Waals surface area contributed by atoms with Gasteiger partial charge in [-0.15, -0.1) is 11.6 Å². The number of alkyl halides is 1. The summed E-state index contributed by atoms with van der Waals surface area (Å²) >= 11 is 6.03. The molecule has 1 nitrogen and oxygen atoms in total. The monoisotopic (exact) mass is 251 g/mol. The first kappa shape index (κ1) is 12.9. The molecule has 1 atom stereocenters. The Labute approximate surface area is 110 Å². The van der Waals surface area contributed by atoms with E-state index in [0.29, 0.717) is 6.04 Å². The number of hydrogen-bond donors (Lipinski definition) is 0. The second-order valence-corrected chi connectivity index (χ2v) is 5.24. The SMILES string of the molecule is ClCC1CCCCN1CCCc1ccccc1. The molecule has 1 aliphatic rings. The van der Waals surface area contributed by atoms with Gasteiger partial charge in [0, 0.05) is 11.9 Å². The van der Waals surface area contributed by atoms with Crippen LogP contribution in [0.3, 0.4) is 0 Å². The Hall–Kier alpha value is -0.530. The summed E-state index contributed by atoms with van der Waals surface area (Å²) in [7, 11) is 0. The average Bonchev–Trinajstić information content (AvgIpc) is 2.40. The van der Waals surface area contributed by atoms with Crippen LogP contribution in [0.15, 0.2) is 30.3 Å². The van der Waals surface area contributed by atoms with Crippen molar-refractivity contribution >= 4 is 11.6 Å². The van der Waals surface area contributed by atoms with E-state index in [1.165, 1.54) is 50.8 Å². The van der Waals surface area contributed by atoms with Gasteiger partial charge in [-0.2, -0.15) is 0 Å². The smallest absolute Gasteiger partial charge is 0.0379 e. The summed E-state index contributed by atoms with van der Waals surface area (Å²) in [6.07, 6.45) is 6.42. The number of hydrogen-bond acceptors (Lipinski definition) is 1. The van der Waals surface area contributed by atoms with Crippen LogP contribution in [0.5, 0.6) is 0 Å². The molecule has 0 aliphatic carbocycles. The highest BCUT2D eigenvalue weighted by molar-refractivity contribution is 6.18. The lowest BCUT2D eigenvalue weighted by Crippen LogP contribution is -2.41. The molecule has 1 unspecified atom stereocenters. The predicted octanol–water partition coefficient (Wildman–Crippen LogP) is 3.71. The van der Waals surface area contributed by atoms with Gasteiger partial charge in [0.25, 0.3) is 0 Å². The van der Waals surface area contributed by atoms with Crippen molar-refractivity contribution < 1.29 is 0 Å². The molecule has 1 aliphatic heterocycles. The molecule has 1 aromatic carbocycles. The predicted molar refractivity (Wildman–Crippen MR) is 74.7 cm³/mol. The quantitative estimate of drug-likeness (QED) is 0.721. The molecule has 0 bridgehead atoms. The van der Waals surface area contributed by atoms with E-state index in [4.69, 9.17) is 11.6 Å². The highest BCUT2D eigenvalue weighted by atomic mass is 35.5. The highest BCUT2D eigenvalue weighted by Gasteiger charge is 2.20. The Morgan fingerprint density at radius 1 is 1.18 bits per heavy atom. The van der Waals surface area contributed by atoms with Gasteiger partial charge in [-0.3, -0.25) is 4.90 Å². The Kier molecular flexibility index (Phi) is 5.34. The molecule has 1 heterocycles. The zero-order valence-electron chi connectivity index (χ0n) is 10.4. The second-order valence-electron chi connectivity index (χ2n) is 4.93. The molecule has 1 aromatic rings. The third kappa shape index (κ3) is 4.01. The van der Waals surface area contributed by atoms with Gasteiger partial charge in [0.1, 0.15) is 0 Å². The van der Waals surface area contributed by atoms with Crippen LogP contribution < -0.4 is 0 Å². The van der Waals surface area contributed by atoms with Crippen molar-refractivity contribution in [3.8, 4) is 0 Å². The van der Waals surface area contributed by atoms with Crippen LogP contribution in [0.25, 0.3) is 0 Å². The van der Waals surface area contributed by atoms with Crippen LogP contribution in [0, 0.1) is 0 Å². The van der Waals surface area contributed by atoms with E-state index in [0.717, 1.165) is 5.88 Å². The maximum Gasteiger partial charge on any atom is 0.0379 e. The summed E-state index contributed by atoms with van der Waals surface area (Å²) in [4.78, 5) is 2.58. The minimum Gasteiger partial charge on any atom is -0.299 e. The molecule has 1 saturated heterocycles. The molecule has 2 rings (SSSR count). The molecule has 2 heteroatoms. The molecule has 17 heavy (non-hydrogen) atoms. The molecule has 0 aromatic heterocycles. The lowest BCUT2D eigenvalue weighted by Gasteiger charge is -2.34. The van der Waals surface area contributed by atoms with Gasteiger partial charge >= 0.3 is 0 Å². The van der Waals surface area contributed by atoms with Crippen LogP contribution in [0.2, 0.25) is 0 Å². The first-order chi connectivity index (χ1) is 8.40. The van der Waals surface area contributed by atoms with Crippen LogP contribution in [0.1, 0.15) is 31.2 Å². The maximum atomic E-state index is 6.03. The zero-order valence-corrected chi connectivity index (χ0v) is 11.2. The number of rotatable bonds is 5. The molecule has 0 spiro atoms. The van der Waals surface area contributed by atoms with Crippen LogP contribution >= 0.6 is 11.6 Å². The summed E-state index contributed by atoms with van der Waals surface area (Å²) in [5, 5.41) is 0. The standard InChI is InChI=1S/C15H22ClN/c16-13-15-10-4-5-11-17(15)12-6-9-14-7-2-1-3-8-14/h1-3,7-8,15H,4-6,9-13H2. The highest BCUT2D eigenvalue weighted by Crippen LogP contribution is 2.18. The molecular formula is C15H22ClN. The lowest BCUT2D eigenvalue weighted by molar-refractivity contribution is 0.161. The van der Waals surface area contributed by atoms with Crippen molar-refractivity contribution in [2.45, 2.75) is 38.1 Å². The number of piperidine rings is 1. The van der Waals surface area contributed by atoms with Crippen molar-refractivity contribution in [3.63, 3.8) is 0 Å². The minimum absolute atomic E-state index is 0.626. The van der Waals surface area contributed by atoms with E-state index >= 15 is 0 Å². The van der Waals surface area contributed by atoms with E-state index in [-0.39, 0.29) is 0 Å². The van der Waals surface area contributed by atoms with E-state index in [1.54, 1.807) is 0 Å². The fourth-order valence-electron chi connectivity index (χ4n) is 2.66. The van der Waals surface area contributed by atoms with Gasteiger partial charge in [0.05, 0.1) is 0 Å². The van der Waals surface area contributed by atoms with Gasteiger partial charge in [0.15, 0.2) is 0 Å². The summed E-state index contributed by atoms with van der Waals surface area (Å²) < 4.78 is 0. The summed E-state index contributed by atoms with van der Waals surface area (Å²) in [5.74, 6) is 0.797. The number of aryl methyl sites for hydroxylation is 1. The van der Waals surface area contributed by atoms with E-state index < -0.39 is 0 Å². The Bertz CT molecular complexity index is 312. The Morgan fingerprint density at radius 3 is 2.76 bits per heavy atom. The number of benzene rings is 1. The maximum absolute atomic E-state index is 6.03.